The van der Waals surface area contributed by atoms with Gasteiger partial charge in [0.05, 0.1) is 19.4 Å². The number of unbranched alkanes of at least 4 members (excludes halogenated alkanes) is 3. The smallest absolute Gasteiger partial charge is 0.248 e. The molecule has 0 saturated carbocycles. The molecule has 0 aromatic heterocycles. The van der Waals surface area contributed by atoms with Crippen LogP contribution in [0.4, 0.5) is 5.69 Å². The Balaban J connectivity index is 1.99. The minimum absolute atomic E-state index is 0.0510. The average Bonchev–Trinajstić information content (AvgIpc) is 2.73. The molecule has 2 aromatic carbocycles. The molecule has 0 bridgehead atoms. The first-order valence-corrected chi connectivity index (χ1v) is 11.6. The van der Waals surface area contributed by atoms with Crippen molar-refractivity contribution in [2.24, 2.45) is 0 Å². The van der Waals surface area contributed by atoms with E-state index in [9.17, 15) is 4.79 Å². The third kappa shape index (κ3) is 8.06. The van der Waals surface area contributed by atoms with Gasteiger partial charge in [-0.3, -0.25) is 4.79 Å². The van der Waals surface area contributed by atoms with Gasteiger partial charge in [-0.25, -0.2) is 0 Å². The van der Waals surface area contributed by atoms with Crippen LogP contribution in [0, 0.1) is 0 Å². The molecule has 1 amide bonds. The normalized spacial score (nSPS) is 11.5. The lowest BCUT2D eigenvalue weighted by atomic mass is 9.87. The molecule has 0 radical (unpaired) electrons. The SMILES string of the molecule is CCCCCCOc1ccc(/C=C/C(=O)Nc2ccc(C(C)(C)C)cc2Br)cc1OC. The van der Waals surface area contributed by atoms with Gasteiger partial charge in [0.1, 0.15) is 0 Å². The highest BCUT2D eigenvalue weighted by Crippen LogP contribution is 2.31. The van der Waals surface area contributed by atoms with E-state index in [1.165, 1.54) is 30.9 Å². The largest absolute Gasteiger partial charge is 0.493 e. The molecule has 0 aliphatic carbocycles. The van der Waals surface area contributed by atoms with E-state index in [0.29, 0.717) is 12.4 Å². The summed E-state index contributed by atoms with van der Waals surface area (Å²) in [6, 6.07) is 11.7. The number of nitrogens with one attached hydrogen (secondary N) is 1. The van der Waals surface area contributed by atoms with Crippen molar-refractivity contribution in [3.63, 3.8) is 0 Å². The number of rotatable bonds is 10. The van der Waals surface area contributed by atoms with Gasteiger partial charge in [-0.15, -0.1) is 0 Å². The molecular weight excluding hydrogens is 454 g/mol. The van der Waals surface area contributed by atoms with Gasteiger partial charge >= 0.3 is 0 Å². The maximum absolute atomic E-state index is 12.4. The Morgan fingerprint density at radius 2 is 1.84 bits per heavy atom. The zero-order valence-corrected chi connectivity index (χ0v) is 20.8. The van der Waals surface area contributed by atoms with Crippen LogP contribution in [0.1, 0.15) is 64.5 Å². The maximum atomic E-state index is 12.4. The minimum atomic E-state index is -0.195. The number of benzene rings is 2. The zero-order chi connectivity index (χ0) is 22.9. The van der Waals surface area contributed by atoms with Crippen LogP contribution >= 0.6 is 15.9 Å². The first-order chi connectivity index (χ1) is 14.7. The first-order valence-electron chi connectivity index (χ1n) is 10.8. The van der Waals surface area contributed by atoms with E-state index in [0.717, 1.165) is 27.9 Å². The van der Waals surface area contributed by atoms with Crippen LogP contribution < -0.4 is 14.8 Å². The van der Waals surface area contributed by atoms with Crippen LogP contribution in [0.3, 0.4) is 0 Å². The summed E-state index contributed by atoms with van der Waals surface area (Å²) in [6.07, 6.45) is 7.92. The molecule has 2 rings (SSSR count). The Morgan fingerprint density at radius 1 is 1.06 bits per heavy atom. The molecule has 0 fully saturated rings. The average molecular weight is 488 g/mol. The van der Waals surface area contributed by atoms with Crippen LogP contribution in [-0.2, 0) is 10.2 Å². The van der Waals surface area contributed by atoms with Crippen LogP contribution in [0.15, 0.2) is 46.9 Å². The van der Waals surface area contributed by atoms with Gasteiger partial charge in [-0.05, 0) is 69.2 Å². The molecule has 0 atom stereocenters. The number of carbonyl (C=O) groups excluding carboxylic acids is 1. The van der Waals surface area contributed by atoms with Crippen molar-refractivity contribution in [3.8, 4) is 11.5 Å². The van der Waals surface area contributed by atoms with Gasteiger partial charge in [-0.2, -0.15) is 0 Å². The molecule has 1 N–H and O–H groups in total. The van der Waals surface area contributed by atoms with Crippen molar-refractivity contribution in [1.82, 2.24) is 0 Å². The standard InChI is InChI=1S/C26H34BrNO3/c1-6-7-8-9-16-31-23-14-10-19(17-24(23)30-5)11-15-25(29)28-22-13-12-20(18-21(22)27)26(2,3)4/h10-15,17-18H,6-9,16H2,1-5H3,(H,28,29)/b15-11+. The van der Waals surface area contributed by atoms with Crippen LogP contribution in [-0.4, -0.2) is 19.6 Å². The number of carbonyl (C=O) groups is 1. The summed E-state index contributed by atoms with van der Waals surface area (Å²) in [5, 5.41) is 2.92. The van der Waals surface area contributed by atoms with E-state index < -0.39 is 0 Å². The second-order valence-corrected chi connectivity index (χ2v) is 9.44. The Bertz CT molecular complexity index is 900. The summed E-state index contributed by atoms with van der Waals surface area (Å²) in [4.78, 5) is 12.4. The summed E-state index contributed by atoms with van der Waals surface area (Å²) >= 11 is 3.56. The van der Waals surface area contributed by atoms with Gasteiger partial charge in [0.2, 0.25) is 5.91 Å². The topological polar surface area (TPSA) is 47.6 Å². The third-order valence-corrected chi connectivity index (χ3v) is 5.62. The molecule has 0 spiro atoms. The molecular formula is C26H34BrNO3. The van der Waals surface area contributed by atoms with E-state index in [-0.39, 0.29) is 11.3 Å². The van der Waals surface area contributed by atoms with Gasteiger partial charge in [-0.1, -0.05) is 59.1 Å². The lowest BCUT2D eigenvalue weighted by molar-refractivity contribution is -0.111. The number of hydrogen-bond acceptors (Lipinski definition) is 3. The number of hydrogen-bond donors (Lipinski definition) is 1. The molecule has 5 heteroatoms. The van der Waals surface area contributed by atoms with E-state index >= 15 is 0 Å². The fraction of sp³-hybridized carbons (Fsp3) is 0.423. The number of ether oxygens (including phenoxy) is 2. The molecule has 168 valence electrons. The van der Waals surface area contributed by atoms with Crippen molar-refractivity contribution < 1.29 is 14.3 Å². The number of amides is 1. The van der Waals surface area contributed by atoms with Crippen molar-refractivity contribution in [2.45, 2.75) is 58.8 Å². The predicted molar refractivity (Wildman–Crippen MR) is 133 cm³/mol. The van der Waals surface area contributed by atoms with Crippen LogP contribution in [0.25, 0.3) is 6.08 Å². The second kappa shape index (κ2) is 11.9. The fourth-order valence-electron chi connectivity index (χ4n) is 3.05. The van der Waals surface area contributed by atoms with E-state index in [4.69, 9.17) is 9.47 Å². The molecule has 0 heterocycles. The van der Waals surface area contributed by atoms with Crippen molar-refractivity contribution in [3.05, 3.63) is 58.1 Å². The van der Waals surface area contributed by atoms with Gasteiger partial charge in [0.15, 0.2) is 11.5 Å². The third-order valence-electron chi connectivity index (χ3n) is 4.96. The van der Waals surface area contributed by atoms with Crippen LogP contribution in [0.2, 0.25) is 0 Å². The van der Waals surface area contributed by atoms with E-state index in [2.05, 4.69) is 48.9 Å². The Morgan fingerprint density at radius 3 is 2.48 bits per heavy atom. The number of anilines is 1. The Hall–Kier alpha value is -2.27. The van der Waals surface area contributed by atoms with Crippen molar-refractivity contribution >= 4 is 33.6 Å². The predicted octanol–water partition coefficient (Wildman–Crippen LogP) is 7.37. The number of halogens is 1. The monoisotopic (exact) mass is 487 g/mol. The molecule has 4 nitrogen and oxygen atoms in total. The summed E-state index contributed by atoms with van der Waals surface area (Å²) < 4.78 is 12.2. The summed E-state index contributed by atoms with van der Waals surface area (Å²) in [5.41, 5.74) is 2.86. The number of methoxy groups -OCH3 is 1. The molecule has 31 heavy (non-hydrogen) atoms. The highest BCUT2D eigenvalue weighted by Gasteiger charge is 2.15. The Labute approximate surface area is 195 Å². The Kier molecular flexibility index (Phi) is 9.63. The van der Waals surface area contributed by atoms with E-state index in [1.54, 1.807) is 13.2 Å². The van der Waals surface area contributed by atoms with Gasteiger partial charge in [0, 0.05) is 10.5 Å². The highest BCUT2D eigenvalue weighted by atomic mass is 79.9. The fourth-order valence-corrected chi connectivity index (χ4v) is 3.53. The van der Waals surface area contributed by atoms with E-state index in [1.807, 2.05) is 36.4 Å². The van der Waals surface area contributed by atoms with Crippen LogP contribution in [0.5, 0.6) is 11.5 Å². The zero-order valence-electron chi connectivity index (χ0n) is 19.3. The van der Waals surface area contributed by atoms with Gasteiger partial charge in [0.25, 0.3) is 0 Å². The van der Waals surface area contributed by atoms with Gasteiger partial charge < -0.3 is 14.8 Å². The minimum Gasteiger partial charge on any atom is -0.493 e. The first kappa shape index (κ1) is 25.0. The lowest BCUT2D eigenvalue weighted by Crippen LogP contribution is -2.12. The molecule has 0 aliphatic heterocycles. The summed E-state index contributed by atoms with van der Waals surface area (Å²) in [7, 11) is 1.62. The maximum Gasteiger partial charge on any atom is 0.248 e. The second-order valence-electron chi connectivity index (χ2n) is 8.59. The van der Waals surface area contributed by atoms with Crippen molar-refractivity contribution in [2.75, 3.05) is 19.0 Å². The molecule has 2 aromatic rings. The lowest BCUT2D eigenvalue weighted by Gasteiger charge is -2.20. The molecule has 0 aliphatic rings. The summed E-state index contributed by atoms with van der Waals surface area (Å²) in [5.74, 6) is 1.20. The summed E-state index contributed by atoms with van der Waals surface area (Å²) in [6.45, 7) is 9.35. The highest BCUT2D eigenvalue weighted by molar-refractivity contribution is 9.10. The quantitative estimate of drug-likeness (QED) is 0.281. The molecule has 0 saturated heterocycles. The molecule has 0 unspecified atom stereocenters. The van der Waals surface area contributed by atoms with Crippen molar-refractivity contribution in [1.29, 1.82) is 0 Å².